The van der Waals surface area contributed by atoms with Crippen LogP contribution in [0.3, 0.4) is 0 Å². The number of anilines is 1. The van der Waals surface area contributed by atoms with Crippen LogP contribution in [0, 0.1) is 11.3 Å². The summed E-state index contributed by atoms with van der Waals surface area (Å²) >= 11 is 0. The van der Waals surface area contributed by atoms with Crippen LogP contribution in [0.2, 0.25) is 0 Å². The van der Waals surface area contributed by atoms with Gasteiger partial charge in [-0.05, 0) is 68.7 Å². The Morgan fingerprint density at radius 2 is 2.07 bits per heavy atom. The van der Waals surface area contributed by atoms with Crippen LogP contribution in [0.4, 0.5) is 5.69 Å². The van der Waals surface area contributed by atoms with E-state index in [0.29, 0.717) is 6.04 Å². The molecule has 3 aliphatic carbocycles. The van der Waals surface area contributed by atoms with Crippen LogP contribution >= 0.6 is 0 Å². The average Bonchev–Trinajstić information content (AvgIpc) is 3.25. The Bertz CT molecular complexity index is 841. The Kier molecular flexibility index (Phi) is 3.00. The van der Waals surface area contributed by atoms with Gasteiger partial charge in [-0.3, -0.25) is 9.69 Å². The lowest BCUT2D eigenvalue weighted by Crippen LogP contribution is -2.76. The molecule has 2 saturated heterocycles. The number of piperidine rings is 1. The number of hydrogen-bond acceptors (Lipinski definition) is 5. The molecule has 6 aliphatic rings. The van der Waals surface area contributed by atoms with Gasteiger partial charge in [-0.1, -0.05) is 12.1 Å². The molecule has 7 rings (SSSR count). The highest BCUT2D eigenvalue weighted by Crippen LogP contribution is 2.74. The highest BCUT2D eigenvalue weighted by Gasteiger charge is 2.79. The van der Waals surface area contributed by atoms with Gasteiger partial charge in [0.1, 0.15) is 5.75 Å². The topological polar surface area (TPSA) is 50.8 Å². The average molecular weight is 368 g/mol. The molecule has 5 unspecified atom stereocenters. The van der Waals surface area contributed by atoms with Crippen LogP contribution < -0.4 is 10.1 Å². The molecule has 3 heterocycles. The Hall–Kier alpha value is -1.75. The van der Waals surface area contributed by atoms with E-state index < -0.39 is 0 Å². The van der Waals surface area contributed by atoms with Gasteiger partial charge in [0.05, 0.1) is 31.4 Å². The van der Waals surface area contributed by atoms with E-state index >= 15 is 0 Å². The van der Waals surface area contributed by atoms with E-state index in [-0.39, 0.29) is 28.3 Å². The predicted molar refractivity (Wildman–Crippen MR) is 102 cm³/mol. The van der Waals surface area contributed by atoms with E-state index in [2.05, 4.69) is 22.3 Å². The molecule has 5 nitrogen and oxygen atoms in total. The van der Waals surface area contributed by atoms with Gasteiger partial charge in [0, 0.05) is 11.5 Å². The maximum absolute atomic E-state index is 13.0. The molecule has 27 heavy (non-hydrogen) atoms. The van der Waals surface area contributed by atoms with Crippen molar-refractivity contribution in [1.29, 1.82) is 0 Å². The summed E-state index contributed by atoms with van der Waals surface area (Å²) in [5.74, 6) is 0.791. The maximum atomic E-state index is 13.0. The number of nitrogens with zero attached hydrogens (tertiary/aromatic N) is 1. The fraction of sp³-hybridized carbons (Fsp3) is 0.682. The SMILES string of the molecule is COC(=O)C1CC23CCCN4CCC5(c6cccc(OC)c6NC15CC2)C43. The molecule has 1 N–H and O–H groups in total. The van der Waals surface area contributed by atoms with E-state index in [4.69, 9.17) is 9.47 Å². The first-order valence-corrected chi connectivity index (χ1v) is 10.4. The summed E-state index contributed by atoms with van der Waals surface area (Å²) in [4.78, 5) is 15.8. The van der Waals surface area contributed by atoms with Crippen molar-refractivity contribution in [1.82, 2.24) is 4.90 Å². The van der Waals surface area contributed by atoms with Gasteiger partial charge in [0.2, 0.25) is 0 Å². The van der Waals surface area contributed by atoms with Crippen LogP contribution in [0.15, 0.2) is 18.2 Å². The summed E-state index contributed by atoms with van der Waals surface area (Å²) < 4.78 is 11.1. The van der Waals surface area contributed by atoms with Gasteiger partial charge < -0.3 is 14.8 Å². The molecular weight excluding hydrogens is 340 g/mol. The van der Waals surface area contributed by atoms with E-state index in [1.165, 1.54) is 31.4 Å². The molecule has 5 fully saturated rings. The van der Waals surface area contributed by atoms with Crippen LogP contribution in [0.5, 0.6) is 5.75 Å². The second-order valence-electron chi connectivity index (χ2n) is 9.38. The number of esters is 1. The van der Waals surface area contributed by atoms with Crippen molar-refractivity contribution >= 4 is 11.7 Å². The summed E-state index contributed by atoms with van der Waals surface area (Å²) in [5.41, 5.74) is 2.51. The quantitative estimate of drug-likeness (QED) is 0.814. The third kappa shape index (κ3) is 1.58. The van der Waals surface area contributed by atoms with Crippen LogP contribution in [-0.2, 0) is 14.9 Å². The van der Waals surface area contributed by atoms with Gasteiger partial charge in [-0.15, -0.1) is 0 Å². The standard InChI is InChI=1S/C22H28N2O3/c1-26-16-6-3-5-14-17(16)23-22-9-8-20(13-15(22)18(25)27-2)7-4-11-24-12-10-21(14,22)19(20)24/h3,5-6,15,19,23H,4,7-13H2,1-2H3. The second kappa shape index (κ2) is 4.99. The molecule has 5 heteroatoms. The molecule has 0 aromatic heterocycles. The molecule has 0 amide bonds. The Labute approximate surface area is 160 Å². The number of nitrogens with one attached hydrogen (secondary N) is 1. The fourth-order valence-electron chi connectivity index (χ4n) is 8.23. The molecule has 0 radical (unpaired) electrons. The summed E-state index contributed by atoms with van der Waals surface area (Å²) in [6.07, 6.45) is 6.86. The highest BCUT2D eigenvalue weighted by atomic mass is 16.5. The molecule has 3 spiro atoms. The lowest BCUT2D eigenvalue weighted by atomic mass is 9.39. The number of rotatable bonds is 2. The number of ether oxygens (including phenoxy) is 2. The zero-order valence-corrected chi connectivity index (χ0v) is 16.2. The lowest BCUT2D eigenvalue weighted by Gasteiger charge is -2.69. The zero-order valence-electron chi connectivity index (χ0n) is 16.2. The number of benzene rings is 1. The second-order valence-corrected chi connectivity index (χ2v) is 9.38. The van der Waals surface area contributed by atoms with Crippen molar-refractivity contribution in [3.8, 4) is 5.75 Å². The third-order valence-corrected chi connectivity index (χ3v) is 8.90. The predicted octanol–water partition coefficient (Wildman–Crippen LogP) is 2.94. The first kappa shape index (κ1) is 16.2. The van der Waals surface area contributed by atoms with Crippen molar-refractivity contribution in [3.63, 3.8) is 0 Å². The Morgan fingerprint density at radius 1 is 1.19 bits per heavy atom. The van der Waals surface area contributed by atoms with E-state index in [1.807, 2.05) is 6.07 Å². The smallest absolute Gasteiger partial charge is 0.311 e. The Morgan fingerprint density at radius 3 is 2.89 bits per heavy atom. The van der Waals surface area contributed by atoms with Gasteiger partial charge in [-0.25, -0.2) is 0 Å². The largest absolute Gasteiger partial charge is 0.495 e. The minimum atomic E-state index is -0.241. The molecule has 144 valence electrons. The van der Waals surface area contributed by atoms with Gasteiger partial charge in [-0.2, -0.15) is 0 Å². The van der Waals surface area contributed by atoms with Crippen molar-refractivity contribution in [3.05, 3.63) is 23.8 Å². The first-order chi connectivity index (χ1) is 13.1. The molecule has 3 aliphatic heterocycles. The van der Waals surface area contributed by atoms with Crippen LogP contribution in [0.1, 0.15) is 44.1 Å². The number of methoxy groups -OCH3 is 2. The third-order valence-electron chi connectivity index (χ3n) is 8.90. The molecular formula is C22H28N2O3. The van der Waals surface area contributed by atoms with Crippen molar-refractivity contribution in [2.75, 3.05) is 32.6 Å². The van der Waals surface area contributed by atoms with Crippen LogP contribution in [0.25, 0.3) is 0 Å². The van der Waals surface area contributed by atoms with E-state index in [1.54, 1.807) is 14.2 Å². The number of carbonyl (C=O) groups is 1. The minimum absolute atomic E-state index is 0.00729. The molecule has 3 saturated carbocycles. The van der Waals surface area contributed by atoms with Crippen molar-refractivity contribution < 1.29 is 14.3 Å². The van der Waals surface area contributed by atoms with E-state index in [0.717, 1.165) is 37.2 Å². The number of carbonyl (C=O) groups excluding carboxylic acids is 1. The van der Waals surface area contributed by atoms with Crippen molar-refractivity contribution in [2.45, 2.75) is 55.5 Å². The number of hydrogen-bond donors (Lipinski definition) is 1. The monoisotopic (exact) mass is 368 g/mol. The summed E-state index contributed by atoms with van der Waals surface area (Å²) in [5, 5.41) is 3.92. The first-order valence-electron chi connectivity index (χ1n) is 10.4. The van der Waals surface area contributed by atoms with Crippen molar-refractivity contribution in [2.24, 2.45) is 11.3 Å². The fourth-order valence-corrected chi connectivity index (χ4v) is 8.23. The number of fused-ring (bicyclic) bond motifs is 3. The zero-order chi connectivity index (χ0) is 18.4. The number of para-hydroxylation sites is 1. The van der Waals surface area contributed by atoms with Gasteiger partial charge in [0.15, 0.2) is 0 Å². The van der Waals surface area contributed by atoms with Gasteiger partial charge in [0.25, 0.3) is 0 Å². The summed E-state index contributed by atoms with van der Waals surface area (Å²) in [7, 11) is 3.29. The van der Waals surface area contributed by atoms with Gasteiger partial charge >= 0.3 is 5.97 Å². The molecule has 1 aromatic rings. The molecule has 2 bridgehead atoms. The highest BCUT2D eigenvalue weighted by molar-refractivity contribution is 5.82. The van der Waals surface area contributed by atoms with Crippen LogP contribution in [-0.4, -0.2) is 49.8 Å². The molecule has 5 atom stereocenters. The van der Waals surface area contributed by atoms with E-state index in [9.17, 15) is 4.79 Å². The lowest BCUT2D eigenvalue weighted by molar-refractivity contribution is -0.171. The summed E-state index contributed by atoms with van der Waals surface area (Å²) in [6.45, 7) is 2.34. The normalized spacial score (nSPS) is 43.5. The minimum Gasteiger partial charge on any atom is -0.495 e. The molecule has 1 aromatic carbocycles. The maximum Gasteiger partial charge on any atom is 0.311 e. The summed E-state index contributed by atoms with van der Waals surface area (Å²) in [6, 6.07) is 7.00. The Balaban J connectivity index is 1.65.